The normalized spacial score (nSPS) is 11.1. The summed E-state index contributed by atoms with van der Waals surface area (Å²) in [4.78, 5) is 11.4. The van der Waals surface area contributed by atoms with Crippen molar-refractivity contribution in [3.05, 3.63) is 71.3 Å². The molecule has 0 fully saturated rings. The molecule has 0 aliphatic rings. The zero-order valence-electron chi connectivity index (χ0n) is 12.3. The Morgan fingerprint density at radius 1 is 1.13 bits per heavy atom. The molecule has 120 valence electrons. The van der Waals surface area contributed by atoms with Gasteiger partial charge in [0.05, 0.1) is 11.1 Å². The largest absolute Gasteiger partial charge is 0.457 e. The van der Waals surface area contributed by atoms with Crippen LogP contribution in [-0.2, 0) is 6.18 Å². The monoisotopic (exact) mass is 321 g/mol. The smallest absolute Gasteiger partial charge is 0.416 e. The number of ether oxygens (including phenoxy) is 1. The van der Waals surface area contributed by atoms with Crippen LogP contribution in [0.1, 0.15) is 27.0 Å². The Hall–Kier alpha value is -2.76. The molecule has 2 aromatic carbocycles. The topological polar surface area (TPSA) is 52.3 Å². The minimum absolute atomic E-state index is 0.117. The lowest BCUT2D eigenvalue weighted by Gasteiger charge is -2.13. The second-order valence-corrected chi connectivity index (χ2v) is 4.96. The van der Waals surface area contributed by atoms with Gasteiger partial charge in [0.25, 0.3) is 5.91 Å². The third kappa shape index (κ3) is 3.91. The number of hydrogen-bond acceptors (Lipinski definition) is 2. The van der Waals surface area contributed by atoms with Crippen LogP contribution in [0.3, 0.4) is 0 Å². The van der Waals surface area contributed by atoms with Crippen LogP contribution in [0.4, 0.5) is 13.2 Å². The number of hydrogen-bond donors (Lipinski definition) is 1. The van der Waals surface area contributed by atoms with Gasteiger partial charge in [-0.15, -0.1) is 0 Å². The first-order valence-corrected chi connectivity index (χ1v) is 6.63. The molecule has 0 bridgehead atoms. The molecule has 0 atom stereocenters. The Balaban J connectivity index is 2.26. The van der Waals surface area contributed by atoms with Crippen LogP contribution >= 0.6 is 0 Å². The van der Waals surface area contributed by atoms with Crippen molar-refractivity contribution in [1.82, 2.24) is 0 Å². The van der Waals surface area contributed by atoms with Gasteiger partial charge >= 0.3 is 6.18 Å². The summed E-state index contributed by atoms with van der Waals surface area (Å²) in [6, 6.07) is 9.22. The molecule has 0 radical (unpaired) electrons. The van der Waals surface area contributed by atoms with E-state index in [1.54, 1.807) is 19.1 Å². The number of benzene rings is 2. The standard InChI is InChI=1S/C17H14F3NO2/c1-10-3-8-14(16(21)22)15(9-10)23-11(2)12-4-6-13(7-5-12)17(18,19)20/h3-9H,2H2,1H3,(H2,21,22). The minimum atomic E-state index is -4.41. The zero-order chi connectivity index (χ0) is 17.2. The van der Waals surface area contributed by atoms with E-state index in [-0.39, 0.29) is 17.1 Å². The van der Waals surface area contributed by atoms with Gasteiger partial charge in [0.1, 0.15) is 11.5 Å². The van der Waals surface area contributed by atoms with E-state index in [0.29, 0.717) is 5.56 Å². The lowest BCUT2D eigenvalue weighted by Crippen LogP contribution is -2.13. The van der Waals surface area contributed by atoms with Crippen molar-refractivity contribution in [2.75, 3.05) is 0 Å². The van der Waals surface area contributed by atoms with Crippen molar-refractivity contribution < 1.29 is 22.7 Å². The van der Waals surface area contributed by atoms with Gasteiger partial charge in [-0.3, -0.25) is 4.79 Å². The summed E-state index contributed by atoms with van der Waals surface area (Å²) in [6.07, 6.45) is -4.41. The number of carbonyl (C=O) groups excluding carboxylic acids is 1. The summed E-state index contributed by atoms with van der Waals surface area (Å²) in [5.41, 5.74) is 5.89. The fourth-order valence-corrected chi connectivity index (χ4v) is 1.95. The highest BCUT2D eigenvalue weighted by Crippen LogP contribution is 2.31. The molecule has 6 heteroatoms. The van der Waals surface area contributed by atoms with Crippen LogP contribution in [0.2, 0.25) is 0 Å². The summed E-state index contributed by atoms with van der Waals surface area (Å²) in [7, 11) is 0. The highest BCUT2D eigenvalue weighted by molar-refractivity contribution is 5.96. The number of aryl methyl sites for hydroxylation is 1. The Labute approximate surface area is 131 Å². The lowest BCUT2D eigenvalue weighted by molar-refractivity contribution is -0.137. The van der Waals surface area contributed by atoms with E-state index in [4.69, 9.17) is 10.5 Å². The van der Waals surface area contributed by atoms with Crippen molar-refractivity contribution in [2.45, 2.75) is 13.1 Å². The molecule has 0 aliphatic carbocycles. The summed E-state index contributed by atoms with van der Waals surface area (Å²) in [6.45, 7) is 5.49. The maximum atomic E-state index is 12.5. The highest BCUT2D eigenvalue weighted by atomic mass is 19.4. The number of halogens is 3. The van der Waals surface area contributed by atoms with Gasteiger partial charge < -0.3 is 10.5 Å². The van der Waals surface area contributed by atoms with Gasteiger partial charge in [-0.1, -0.05) is 24.8 Å². The van der Waals surface area contributed by atoms with Gasteiger partial charge in [-0.25, -0.2) is 0 Å². The number of rotatable bonds is 4. The van der Waals surface area contributed by atoms with Crippen molar-refractivity contribution >= 4 is 11.7 Å². The van der Waals surface area contributed by atoms with Crippen LogP contribution in [0.15, 0.2) is 49.0 Å². The third-order valence-electron chi connectivity index (χ3n) is 3.17. The van der Waals surface area contributed by atoms with Gasteiger partial charge in [0, 0.05) is 5.56 Å². The molecule has 2 aromatic rings. The van der Waals surface area contributed by atoms with Crippen molar-refractivity contribution in [2.24, 2.45) is 5.73 Å². The van der Waals surface area contributed by atoms with E-state index in [9.17, 15) is 18.0 Å². The number of carbonyl (C=O) groups is 1. The Morgan fingerprint density at radius 3 is 2.26 bits per heavy atom. The Kier molecular flexibility index (Phi) is 4.45. The molecule has 2 N–H and O–H groups in total. The zero-order valence-corrected chi connectivity index (χ0v) is 12.3. The number of amides is 1. The predicted molar refractivity (Wildman–Crippen MR) is 80.8 cm³/mol. The first kappa shape index (κ1) is 16.6. The molecule has 0 aliphatic heterocycles. The van der Waals surface area contributed by atoms with E-state index >= 15 is 0 Å². The molecule has 0 aromatic heterocycles. The van der Waals surface area contributed by atoms with Gasteiger partial charge in [0.2, 0.25) is 0 Å². The van der Waals surface area contributed by atoms with E-state index < -0.39 is 17.6 Å². The highest BCUT2D eigenvalue weighted by Gasteiger charge is 2.30. The minimum Gasteiger partial charge on any atom is -0.457 e. The van der Waals surface area contributed by atoms with E-state index in [1.165, 1.54) is 18.2 Å². The average Bonchev–Trinajstić information content (AvgIpc) is 2.46. The molecule has 0 saturated carbocycles. The fraction of sp³-hybridized carbons (Fsp3) is 0.118. The lowest BCUT2D eigenvalue weighted by atomic mass is 10.1. The molecule has 0 unspecified atom stereocenters. The van der Waals surface area contributed by atoms with Gasteiger partial charge in [0.15, 0.2) is 0 Å². The van der Waals surface area contributed by atoms with Crippen LogP contribution < -0.4 is 10.5 Å². The Morgan fingerprint density at radius 2 is 1.74 bits per heavy atom. The first-order chi connectivity index (χ1) is 10.7. The summed E-state index contributed by atoms with van der Waals surface area (Å²) in [5, 5.41) is 0. The summed E-state index contributed by atoms with van der Waals surface area (Å²) < 4.78 is 43.2. The van der Waals surface area contributed by atoms with E-state index in [0.717, 1.165) is 17.7 Å². The van der Waals surface area contributed by atoms with Crippen molar-refractivity contribution in [3.63, 3.8) is 0 Å². The van der Waals surface area contributed by atoms with Crippen LogP contribution in [0, 0.1) is 6.92 Å². The molecule has 3 nitrogen and oxygen atoms in total. The molecule has 0 spiro atoms. The predicted octanol–water partition coefficient (Wildman–Crippen LogP) is 4.16. The van der Waals surface area contributed by atoms with Crippen LogP contribution in [-0.4, -0.2) is 5.91 Å². The summed E-state index contributed by atoms with van der Waals surface area (Å²) >= 11 is 0. The third-order valence-corrected chi connectivity index (χ3v) is 3.17. The van der Waals surface area contributed by atoms with E-state index in [2.05, 4.69) is 6.58 Å². The number of primary amides is 1. The van der Waals surface area contributed by atoms with Gasteiger partial charge in [-0.05, 0) is 36.8 Å². The van der Waals surface area contributed by atoms with Crippen LogP contribution in [0.25, 0.3) is 5.76 Å². The first-order valence-electron chi connectivity index (χ1n) is 6.63. The van der Waals surface area contributed by atoms with E-state index in [1.807, 2.05) is 0 Å². The maximum Gasteiger partial charge on any atom is 0.416 e. The maximum absolute atomic E-state index is 12.5. The number of nitrogens with two attached hydrogens (primary N) is 1. The quantitative estimate of drug-likeness (QED) is 0.860. The average molecular weight is 321 g/mol. The molecule has 1 amide bonds. The van der Waals surface area contributed by atoms with Gasteiger partial charge in [-0.2, -0.15) is 13.2 Å². The molecule has 23 heavy (non-hydrogen) atoms. The second-order valence-electron chi connectivity index (χ2n) is 4.96. The molecule has 0 saturated heterocycles. The molecular formula is C17H14F3NO2. The Bertz CT molecular complexity index is 749. The van der Waals surface area contributed by atoms with Crippen molar-refractivity contribution in [3.8, 4) is 5.75 Å². The second kappa shape index (κ2) is 6.16. The summed E-state index contributed by atoms with van der Waals surface area (Å²) in [5.74, 6) is -0.338. The van der Waals surface area contributed by atoms with Crippen molar-refractivity contribution in [1.29, 1.82) is 0 Å². The SMILES string of the molecule is C=C(Oc1cc(C)ccc1C(N)=O)c1ccc(C(F)(F)F)cc1. The van der Waals surface area contributed by atoms with Crippen LogP contribution in [0.5, 0.6) is 5.75 Å². The fourth-order valence-electron chi connectivity index (χ4n) is 1.95. The molecular weight excluding hydrogens is 307 g/mol. The number of alkyl halides is 3. The molecule has 0 heterocycles. The molecule has 2 rings (SSSR count).